The zero-order valence-corrected chi connectivity index (χ0v) is 8.03. The summed E-state index contributed by atoms with van der Waals surface area (Å²) in [5.74, 6) is 0. The maximum Gasteiger partial charge on any atom is 0.307 e. The molecule has 6 heteroatoms. The topological polar surface area (TPSA) is 69.2 Å². The van der Waals surface area contributed by atoms with Crippen molar-refractivity contribution in [2.24, 2.45) is 0 Å². The van der Waals surface area contributed by atoms with Crippen molar-refractivity contribution in [3.05, 3.63) is 19.5 Å². The molecule has 0 amide bonds. The maximum atomic E-state index is 10.4. The molecule has 0 saturated carbocycles. The number of nitro groups is 1. The van der Waals surface area contributed by atoms with Gasteiger partial charge in [0.15, 0.2) is 5.00 Å². The fraction of sp³-hybridized carbons (Fsp3) is 0.200. The molecule has 0 spiro atoms. The van der Waals surface area contributed by atoms with Crippen LogP contribution in [-0.2, 0) is 0 Å². The molecule has 0 radical (unpaired) electrons. The first kappa shape index (κ1) is 8.48. The molecule has 0 aliphatic carbocycles. The van der Waals surface area contributed by atoms with Crippen molar-refractivity contribution in [1.29, 1.82) is 0 Å². The third-order valence-corrected chi connectivity index (χ3v) is 3.24. The Balaban J connectivity index is 3.34. The van der Waals surface area contributed by atoms with Crippen LogP contribution >= 0.6 is 27.3 Å². The minimum atomic E-state index is -0.466. The summed E-state index contributed by atoms with van der Waals surface area (Å²) >= 11 is 4.35. The smallest absolute Gasteiger partial charge is 0.307 e. The summed E-state index contributed by atoms with van der Waals surface area (Å²) in [6.07, 6.45) is 0. The molecule has 0 unspecified atom stereocenters. The van der Waals surface area contributed by atoms with Gasteiger partial charge >= 0.3 is 5.69 Å². The number of hydrogen-bond acceptors (Lipinski definition) is 4. The number of hydrogen-bond donors (Lipinski definition) is 1. The molecule has 1 heterocycles. The average Bonchev–Trinajstić information content (AvgIpc) is 2.07. The number of thiophene rings is 1. The van der Waals surface area contributed by atoms with Crippen LogP contribution in [0.25, 0.3) is 0 Å². The van der Waals surface area contributed by atoms with E-state index in [9.17, 15) is 10.1 Å². The zero-order chi connectivity index (χ0) is 8.59. The Bertz CT molecular complexity index is 310. The molecule has 0 bridgehead atoms. The first-order valence-corrected chi connectivity index (χ1v) is 4.33. The molecule has 60 valence electrons. The predicted molar refractivity (Wildman–Crippen MR) is 47.8 cm³/mol. The van der Waals surface area contributed by atoms with E-state index in [1.54, 1.807) is 6.92 Å². The van der Waals surface area contributed by atoms with Crippen LogP contribution in [0, 0.1) is 17.0 Å². The molecule has 0 saturated heterocycles. The SMILES string of the molecule is Cc1c(Br)sc(N)c1[N+](=O)[O-]. The highest BCUT2D eigenvalue weighted by molar-refractivity contribution is 9.11. The molecular formula is C5H5BrN2O2S. The Hall–Kier alpha value is -0.620. The van der Waals surface area contributed by atoms with Crippen molar-refractivity contribution < 1.29 is 4.92 Å². The van der Waals surface area contributed by atoms with Gasteiger partial charge in [0.25, 0.3) is 0 Å². The van der Waals surface area contributed by atoms with Crippen LogP contribution in [0.2, 0.25) is 0 Å². The number of nitrogens with two attached hydrogens (primary N) is 1. The van der Waals surface area contributed by atoms with Gasteiger partial charge in [0.05, 0.1) is 14.3 Å². The van der Waals surface area contributed by atoms with Gasteiger partial charge in [0.2, 0.25) is 0 Å². The summed E-state index contributed by atoms with van der Waals surface area (Å²) in [7, 11) is 0. The van der Waals surface area contributed by atoms with Gasteiger partial charge < -0.3 is 5.73 Å². The molecule has 1 aromatic rings. The van der Waals surface area contributed by atoms with E-state index in [2.05, 4.69) is 15.9 Å². The minimum absolute atomic E-state index is 0.0156. The van der Waals surface area contributed by atoms with Crippen LogP contribution in [0.3, 0.4) is 0 Å². The van der Waals surface area contributed by atoms with Crippen molar-refractivity contribution in [3.63, 3.8) is 0 Å². The van der Waals surface area contributed by atoms with E-state index in [0.717, 1.165) is 3.79 Å². The van der Waals surface area contributed by atoms with E-state index in [4.69, 9.17) is 5.73 Å². The number of rotatable bonds is 1. The Morgan fingerprint density at radius 3 is 2.45 bits per heavy atom. The lowest BCUT2D eigenvalue weighted by atomic mass is 10.3. The van der Waals surface area contributed by atoms with Crippen molar-refractivity contribution in [2.45, 2.75) is 6.92 Å². The highest BCUT2D eigenvalue weighted by Crippen LogP contribution is 2.39. The van der Waals surface area contributed by atoms with Crippen LogP contribution in [0.1, 0.15) is 5.56 Å². The monoisotopic (exact) mass is 236 g/mol. The second-order valence-corrected chi connectivity index (χ2v) is 4.34. The molecule has 2 N–H and O–H groups in total. The molecule has 0 aliphatic heterocycles. The molecule has 4 nitrogen and oxygen atoms in total. The van der Waals surface area contributed by atoms with Crippen molar-refractivity contribution >= 4 is 38.0 Å². The highest BCUT2D eigenvalue weighted by atomic mass is 79.9. The zero-order valence-electron chi connectivity index (χ0n) is 5.63. The number of nitrogen functional groups attached to an aromatic ring is 1. The Labute approximate surface area is 75.3 Å². The van der Waals surface area contributed by atoms with E-state index in [-0.39, 0.29) is 10.7 Å². The third-order valence-electron chi connectivity index (χ3n) is 1.27. The van der Waals surface area contributed by atoms with Gasteiger partial charge in [-0.15, -0.1) is 11.3 Å². The lowest BCUT2D eigenvalue weighted by molar-refractivity contribution is -0.384. The number of nitrogens with zero attached hydrogens (tertiary/aromatic N) is 1. The number of halogens is 1. The van der Waals surface area contributed by atoms with Gasteiger partial charge in [-0.1, -0.05) is 0 Å². The molecular weight excluding hydrogens is 232 g/mol. The van der Waals surface area contributed by atoms with Crippen LogP contribution in [-0.4, -0.2) is 4.92 Å². The second-order valence-electron chi connectivity index (χ2n) is 1.97. The Morgan fingerprint density at radius 2 is 2.27 bits per heavy atom. The first-order chi connectivity index (χ1) is 5.04. The summed E-state index contributed by atoms with van der Waals surface area (Å²) in [6.45, 7) is 1.66. The minimum Gasteiger partial charge on any atom is -0.385 e. The van der Waals surface area contributed by atoms with Crippen molar-refractivity contribution in [2.75, 3.05) is 5.73 Å². The molecule has 0 aliphatic rings. The van der Waals surface area contributed by atoms with Gasteiger partial charge in [-0.2, -0.15) is 0 Å². The first-order valence-electron chi connectivity index (χ1n) is 2.72. The van der Waals surface area contributed by atoms with E-state index in [1.165, 1.54) is 11.3 Å². The third kappa shape index (κ3) is 1.36. The Morgan fingerprint density at radius 1 is 1.73 bits per heavy atom. The standard InChI is InChI=1S/C5H5BrN2O2S/c1-2-3(8(9)10)5(7)11-4(2)6/h7H2,1H3. The summed E-state index contributed by atoms with van der Waals surface area (Å²) < 4.78 is 0.724. The van der Waals surface area contributed by atoms with E-state index in [0.29, 0.717) is 5.56 Å². The van der Waals surface area contributed by atoms with Crippen LogP contribution in [0.15, 0.2) is 3.79 Å². The van der Waals surface area contributed by atoms with Crippen molar-refractivity contribution in [1.82, 2.24) is 0 Å². The lowest BCUT2D eigenvalue weighted by Gasteiger charge is -1.88. The predicted octanol–water partition coefficient (Wildman–Crippen LogP) is 2.31. The molecule has 1 rings (SSSR count). The summed E-state index contributed by atoms with van der Waals surface area (Å²) in [6, 6.07) is 0. The molecule has 0 atom stereocenters. The fourth-order valence-corrected chi connectivity index (χ4v) is 2.20. The molecule has 0 fully saturated rings. The molecule has 0 aromatic carbocycles. The van der Waals surface area contributed by atoms with E-state index in [1.807, 2.05) is 0 Å². The van der Waals surface area contributed by atoms with Gasteiger partial charge in [-0.3, -0.25) is 10.1 Å². The maximum absolute atomic E-state index is 10.4. The van der Waals surface area contributed by atoms with Crippen LogP contribution in [0.5, 0.6) is 0 Å². The normalized spacial score (nSPS) is 10.0. The molecule has 11 heavy (non-hydrogen) atoms. The van der Waals surface area contributed by atoms with Gasteiger partial charge in [0, 0.05) is 0 Å². The largest absolute Gasteiger partial charge is 0.385 e. The van der Waals surface area contributed by atoms with Crippen LogP contribution in [0.4, 0.5) is 10.7 Å². The van der Waals surface area contributed by atoms with E-state index < -0.39 is 4.92 Å². The highest BCUT2D eigenvalue weighted by Gasteiger charge is 2.20. The van der Waals surface area contributed by atoms with Gasteiger partial charge in [-0.25, -0.2) is 0 Å². The molecule has 1 aromatic heterocycles. The Kier molecular flexibility index (Phi) is 2.15. The lowest BCUT2D eigenvalue weighted by Crippen LogP contribution is -1.92. The summed E-state index contributed by atoms with van der Waals surface area (Å²) in [5, 5.41) is 10.6. The van der Waals surface area contributed by atoms with E-state index >= 15 is 0 Å². The summed E-state index contributed by atoms with van der Waals surface area (Å²) in [4.78, 5) is 9.90. The van der Waals surface area contributed by atoms with Crippen molar-refractivity contribution in [3.8, 4) is 0 Å². The van der Waals surface area contributed by atoms with Gasteiger partial charge in [-0.05, 0) is 22.9 Å². The fourth-order valence-electron chi connectivity index (χ4n) is 0.726. The quantitative estimate of drug-likeness (QED) is 0.601. The number of anilines is 1. The van der Waals surface area contributed by atoms with Crippen LogP contribution < -0.4 is 5.73 Å². The average molecular weight is 237 g/mol. The summed E-state index contributed by atoms with van der Waals surface area (Å²) in [5.41, 5.74) is 6.00. The van der Waals surface area contributed by atoms with Gasteiger partial charge in [0.1, 0.15) is 0 Å². The second kappa shape index (κ2) is 2.78.